The maximum atomic E-state index is 13.3. The summed E-state index contributed by atoms with van der Waals surface area (Å²) in [7, 11) is -3.74. The molecule has 0 N–H and O–H groups in total. The molecule has 1 aliphatic heterocycles. The molecule has 29 heavy (non-hydrogen) atoms. The van der Waals surface area contributed by atoms with Gasteiger partial charge >= 0.3 is 0 Å². The molecule has 0 spiro atoms. The molecule has 0 bridgehead atoms. The number of sulfonamides is 1. The van der Waals surface area contributed by atoms with Gasteiger partial charge in [-0.15, -0.1) is 11.3 Å². The van der Waals surface area contributed by atoms with E-state index in [1.54, 1.807) is 53.6 Å². The molecular formula is C22H22N2O3S2. The summed E-state index contributed by atoms with van der Waals surface area (Å²) >= 11 is 1.29. The third kappa shape index (κ3) is 3.68. The minimum Gasteiger partial charge on any atom is -0.333 e. The van der Waals surface area contributed by atoms with Gasteiger partial charge in [-0.1, -0.05) is 42.5 Å². The second-order valence-electron chi connectivity index (χ2n) is 6.86. The Bertz CT molecular complexity index is 1120. The van der Waals surface area contributed by atoms with Gasteiger partial charge in [-0.25, -0.2) is 8.42 Å². The Morgan fingerprint density at radius 2 is 1.72 bits per heavy atom. The summed E-state index contributed by atoms with van der Waals surface area (Å²) in [5.41, 5.74) is 2.87. The second-order valence-corrected chi connectivity index (χ2v) is 9.64. The van der Waals surface area contributed by atoms with Crippen molar-refractivity contribution in [3.63, 3.8) is 0 Å². The van der Waals surface area contributed by atoms with Gasteiger partial charge in [0.15, 0.2) is 0 Å². The van der Waals surface area contributed by atoms with Gasteiger partial charge in [-0.3, -0.25) is 9.10 Å². The zero-order valence-corrected chi connectivity index (χ0v) is 17.7. The van der Waals surface area contributed by atoms with Crippen LogP contribution in [0.5, 0.6) is 0 Å². The van der Waals surface area contributed by atoms with Gasteiger partial charge < -0.3 is 4.90 Å². The number of benzene rings is 2. The molecule has 1 aliphatic rings. The number of carbonyl (C=O) groups is 1. The first-order valence-electron chi connectivity index (χ1n) is 9.53. The molecule has 0 saturated heterocycles. The van der Waals surface area contributed by atoms with Crippen LogP contribution in [0.4, 0.5) is 5.69 Å². The Kier molecular flexibility index (Phi) is 5.43. The molecule has 0 atom stereocenters. The van der Waals surface area contributed by atoms with Gasteiger partial charge in [0.1, 0.15) is 4.88 Å². The first-order valence-corrected chi connectivity index (χ1v) is 11.9. The molecular weight excluding hydrogens is 404 g/mol. The number of anilines is 1. The zero-order chi connectivity index (χ0) is 20.4. The van der Waals surface area contributed by atoms with Crippen molar-refractivity contribution in [2.75, 3.05) is 17.4 Å². The van der Waals surface area contributed by atoms with Crippen molar-refractivity contribution in [3.05, 3.63) is 82.0 Å². The molecule has 0 aliphatic carbocycles. The predicted molar refractivity (Wildman–Crippen MR) is 116 cm³/mol. The Morgan fingerprint density at radius 1 is 1.03 bits per heavy atom. The van der Waals surface area contributed by atoms with Gasteiger partial charge in [-0.2, -0.15) is 0 Å². The van der Waals surface area contributed by atoms with Crippen LogP contribution in [-0.4, -0.2) is 32.3 Å². The van der Waals surface area contributed by atoms with Crippen molar-refractivity contribution in [1.29, 1.82) is 0 Å². The lowest BCUT2D eigenvalue weighted by atomic mass is 10.00. The van der Waals surface area contributed by atoms with Gasteiger partial charge in [0.25, 0.3) is 15.9 Å². The fourth-order valence-electron chi connectivity index (χ4n) is 3.66. The van der Waals surface area contributed by atoms with E-state index in [-0.39, 0.29) is 17.3 Å². The van der Waals surface area contributed by atoms with Crippen LogP contribution in [0.25, 0.3) is 0 Å². The highest BCUT2D eigenvalue weighted by atomic mass is 32.2. The minimum atomic E-state index is -3.74. The minimum absolute atomic E-state index is 0.119. The van der Waals surface area contributed by atoms with Crippen LogP contribution in [0.1, 0.15) is 27.7 Å². The van der Waals surface area contributed by atoms with Crippen molar-refractivity contribution in [2.24, 2.45) is 0 Å². The van der Waals surface area contributed by atoms with Crippen molar-refractivity contribution >= 4 is 33.0 Å². The number of nitrogens with zero attached hydrogens (tertiary/aromatic N) is 2. The van der Waals surface area contributed by atoms with E-state index in [1.807, 2.05) is 18.2 Å². The molecule has 3 aromatic rings. The summed E-state index contributed by atoms with van der Waals surface area (Å²) < 4.78 is 27.7. The number of thiophene rings is 1. The largest absolute Gasteiger partial charge is 0.333 e. The predicted octanol–water partition coefficient (Wildman–Crippen LogP) is 4.16. The van der Waals surface area contributed by atoms with E-state index in [2.05, 4.69) is 6.07 Å². The first kappa shape index (κ1) is 19.7. The van der Waals surface area contributed by atoms with E-state index in [0.29, 0.717) is 23.7 Å². The molecule has 0 radical (unpaired) electrons. The van der Waals surface area contributed by atoms with Crippen LogP contribution in [0.2, 0.25) is 0 Å². The van der Waals surface area contributed by atoms with Crippen LogP contribution in [-0.2, 0) is 23.0 Å². The number of hydrogen-bond acceptors (Lipinski definition) is 4. The summed E-state index contributed by atoms with van der Waals surface area (Å²) in [6.07, 6.45) is 0.808. The average Bonchev–Trinajstić information content (AvgIpc) is 3.23. The lowest BCUT2D eigenvalue weighted by molar-refractivity contribution is 0.0740. The number of hydrogen-bond donors (Lipinski definition) is 0. The molecule has 0 saturated carbocycles. The quantitative estimate of drug-likeness (QED) is 0.616. The molecule has 1 aromatic heterocycles. The van der Waals surface area contributed by atoms with Crippen molar-refractivity contribution in [3.8, 4) is 0 Å². The number of rotatable bonds is 5. The van der Waals surface area contributed by atoms with E-state index in [4.69, 9.17) is 0 Å². The molecule has 4 rings (SSSR count). The van der Waals surface area contributed by atoms with Gasteiger partial charge in [-0.05, 0) is 48.1 Å². The van der Waals surface area contributed by atoms with Crippen LogP contribution in [0.15, 0.2) is 70.9 Å². The van der Waals surface area contributed by atoms with E-state index in [1.165, 1.54) is 21.2 Å². The Morgan fingerprint density at radius 3 is 2.45 bits per heavy atom. The standard InChI is InChI=1S/C22H22N2O3S2/c1-2-24(29(26,27)19-10-4-3-5-11-19)20-13-15-28-21(20)22(25)23-14-12-17-8-6-7-9-18(17)16-23/h3-11,13,15H,2,12,14,16H2,1H3. The highest BCUT2D eigenvalue weighted by Gasteiger charge is 2.30. The van der Waals surface area contributed by atoms with E-state index < -0.39 is 10.0 Å². The monoisotopic (exact) mass is 426 g/mol. The second kappa shape index (κ2) is 8.00. The maximum Gasteiger partial charge on any atom is 0.266 e. The lowest BCUT2D eigenvalue weighted by Gasteiger charge is -2.30. The van der Waals surface area contributed by atoms with E-state index >= 15 is 0 Å². The molecule has 0 unspecified atom stereocenters. The zero-order valence-electron chi connectivity index (χ0n) is 16.1. The van der Waals surface area contributed by atoms with Crippen LogP contribution >= 0.6 is 11.3 Å². The maximum absolute atomic E-state index is 13.3. The summed E-state index contributed by atoms with van der Waals surface area (Å²) in [6, 6.07) is 18.2. The fourth-order valence-corrected chi connectivity index (χ4v) is 6.09. The SMILES string of the molecule is CCN(c1ccsc1C(=O)N1CCc2ccccc2C1)S(=O)(=O)c1ccccc1. The van der Waals surface area contributed by atoms with Crippen molar-refractivity contribution < 1.29 is 13.2 Å². The third-order valence-corrected chi connectivity index (χ3v) is 7.94. The van der Waals surface area contributed by atoms with Gasteiger partial charge in [0.05, 0.1) is 10.6 Å². The summed E-state index contributed by atoms with van der Waals surface area (Å²) in [4.78, 5) is 15.8. The molecule has 2 aromatic carbocycles. The summed E-state index contributed by atoms with van der Waals surface area (Å²) in [6.45, 7) is 3.20. The molecule has 1 amide bonds. The average molecular weight is 427 g/mol. The van der Waals surface area contributed by atoms with E-state index in [9.17, 15) is 13.2 Å². The lowest BCUT2D eigenvalue weighted by Crippen LogP contribution is -2.37. The Labute approximate surface area is 175 Å². The van der Waals surface area contributed by atoms with Crippen LogP contribution in [0.3, 0.4) is 0 Å². The highest BCUT2D eigenvalue weighted by Crippen LogP contribution is 2.33. The summed E-state index contributed by atoms with van der Waals surface area (Å²) in [5.74, 6) is -0.119. The van der Waals surface area contributed by atoms with Gasteiger partial charge in [0.2, 0.25) is 0 Å². The van der Waals surface area contributed by atoms with Gasteiger partial charge in [0, 0.05) is 19.6 Å². The molecule has 150 valence electrons. The Balaban J connectivity index is 1.65. The number of fused-ring (bicyclic) bond motifs is 1. The normalized spacial score (nSPS) is 13.8. The van der Waals surface area contributed by atoms with Crippen LogP contribution < -0.4 is 4.31 Å². The topological polar surface area (TPSA) is 57.7 Å². The van der Waals surface area contributed by atoms with Crippen molar-refractivity contribution in [2.45, 2.75) is 24.8 Å². The highest BCUT2D eigenvalue weighted by molar-refractivity contribution is 7.92. The van der Waals surface area contributed by atoms with Crippen LogP contribution in [0, 0.1) is 0 Å². The molecule has 7 heteroatoms. The van der Waals surface area contributed by atoms with E-state index in [0.717, 1.165) is 12.0 Å². The van der Waals surface area contributed by atoms with Crippen molar-refractivity contribution in [1.82, 2.24) is 4.90 Å². The smallest absolute Gasteiger partial charge is 0.266 e. The molecule has 2 heterocycles. The Hall–Kier alpha value is -2.64. The number of amides is 1. The first-order chi connectivity index (χ1) is 14.0. The molecule has 0 fully saturated rings. The fraction of sp³-hybridized carbons (Fsp3) is 0.227. The summed E-state index contributed by atoms with van der Waals surface area (Å²) in [5, 5.41) is 1.78. The third-order valence-electron chi connectivity index (χ3n) is 5.14. The molecule has 5 nitrogen and oxygen atoms in total. The number of carbonyl (C=O) groups excluding carboxylic acids is 1.